The van der Waals surface area contributed by atoms with Gasteiger partial charge in [-0.1, -0.05) is 18.2 Å². The smallest absolute Gasteiger partial charge is 0.409 e. The normalized spacial score (nSPS) is 14.1. The van der Waals surface area contributed by atoms with Crippen molar-refractivity contribution in [3.63, 3.8) is 0 Å². The first-order chi connectivity index (χ1) is 18.8. The zero-order chi connectivity index (χ0) is 27.9. The van der Waals surface area contributed by atoms with Gasteiger partial charge in [0, 0.05) is 38.0 Å². The van der Waals surface area contributed by atoms with Crippen LogP contribution in [0.1, 0.15) is 30.3 Å². The molecule has 0 spiro atoms. The number of piperazine rings is 1. The fourth-order valence-electron chi connectivity index (χ4n) is 4.33. The summed E-state index contributed by atoms with van der Waals surface area (Å²) in [5.41, 5.74) is 0.702. The van der Waals surface area contributed by atoms with Gasteiger partial charge in [-0.3, -0.25) is 14.4 Å². The van der Waals surface area contributed by atoms with Crippen LogP contribution in [0, 0.1) is 0 Å². The Hall–Kier alpha value is -4.82. The Morgan fingerprint density at radius 1 is 1.13 bits per heavy atom. The number of carbonyl (C=O) groups excluding carboxylic acids is 3. The second-order valence-electron chi connectivity index (χ2n) is 8.59. The number of rotatable bonds is 9. The number of H-pyrrole nitrogens is 1. The van der Waals surface area contributed by atoms with Gasteiger partial charge in [0.05, 0.1) is 24.8 Å². The highest BCUT2D eigenvalue weighted by Gasteiger charge is 2.32. The lowest BCUT2D eigenvalue weighted by molar-refractivity contribution is -0.138. The van der Waals surface area contributed by atoms with Gasteiger partial charge in [-0.15, -0.1) is 10.2 Å². The summed E-state index contributed by atoms with van der Waals surface area (Å²) >= 11 is 0. The number of aromatic amines is 1. The molecular weight excluding hydrogens is 512 g/mol. The molecule has 3 heterocycles. The van der Waals surface area contributed by atoms with Crippen LogP contribution in [-0.4, -0.2) is 110 Å². The standard InChI is InChI=1S/C24H28N8O7/c1-3-39-24(37)32-12-10-31(11-13-32)23(36)16(8-9-17(33)34)26-22(35)19-20(38-2)18(21-27-29-30-28-21)14-6-4-5-7-15(14)25-19/h4-7,16H,3,8-13H2,1-2H3,(H,26,35)(H,33,34)(H,27,28,29,30). The van der Waals surface area contributed by atoms with Gasteiger partial charge >= 0.3 is 12.1 Å². The number of amides is 3. The molecule has 1 aliphatic heterocycles. The number of carbonyl (C=O) groups is 4. The van der Waals surface area contributed by atoms with Crippen LogP contribution in [0.25, 0.3) is 22.3 Å². The molecule has 0 bridgehead atoms. The number of tetrazole rings is 1. The molecule has 1 aromatic carbocycles. The highest BCUT2D eigenvalue weighted by Crippen LogP contribution is 2.36. The zero-order valence-electron chi connectivity index (χ0n) is 21.4. The van der Waals surface area contributed by atoms with Gasteiger partial charge in [-0.25, -0.2) is 9.78 Å². The number of hydrogen-bond donors (Lipinski definition) is 3. The van der Waals surface area contributed by atoms with Crippen LogP contribution in [-0.2, 0) is 14.3 Å². The van der Waals surface area contributed by atoms with Gasteiger partial charge in [0.2, 0.25) is 11.7 Å². The number of para-hydroxylation sites is 1. The second kappa shape index (κ2) is 12.1. The molecule has 206 valence electrons. The maximum Gasteiger partial charge on any atom is 0.409 e. The molecule has 3 N–H and O–H groups in total. The molecule has 39 heavy (non-hydrogen) atoms. The molecule has 2 aromatic heterocycles. The number of hydrogen-bond acceptors (Lipinski definition) is 10. The minimum atomic E-state index is -1.16. The SMILES string of the molecule is CCOC(=O)N1CCN(C(=O)C(CCC(=O)O)NC(=O)c2nc3ccccc3c(-c3nn[nH]n3)c2OC)CC1. The third kappa shape index (κ3) is 6.02. The van der Waals surface area contributed by atoms with Crippen molar-refractivity contribution in [1.82, 2.24) is 40.7 Å². The maximum absolute atomic E-state index is 13.5. The van der Waals surface area contributed by atoms with Crippen LogP contribution >= 0.6 is 0 Å². The maximum atomic E-state index is 13.5. The molecule has 1 unspecified atom stereocenters. The van der Waals surface area contributed by atoms with Gasteiger partial charge < -0.3 is 29.7 Å². The Balaban J connectivity index is 1.61. The first-order valence-electron chi connectivity index (χ1n) is 12.3. The summed E-state index contributed by atoms with van der Waals surface area (Å²) in [5.74, 6) is -2.07. The highest BCUT2D eigenvalue weighted by atomic mass is 16.6. The molecule has 1 fully saturated rings. The lowest BCUT2D eigenvalue weighted by Crippen LogP contribution is -2.56. The number of carboxylic acid groups (broad SMARTS) is 1. The van der Waals surface area contributed by atoms with E-state index in [1.54, 1.807) is 31.2 Å². The van der Waals surface area contributed by atoms with E-state index >= 15 is 0 Å². The number of fused-ring (bicyclic) bond motifs is 1. The molecule has 3 aromatic rings. The quantitative estimate of drug-likeness (QED) is 0.346. The van der Waals surface area contributed by atoms with Gasteiger partial charge in [-0.05, 0) is 24.6 Å². The number of nitrogens with one attached hydrogen (secondary N) is 2. The fraction of sp³-hybridized carbons (Fsp3) is 0.417. The van der Waals surface area contributed by atoms with Crippen molar-refractivity contribution in [2.45, 2.75) is 25.8 Å². The third-order valence-corrected chi connectivity index (χ3v) is 6.20. The number of pyridine rings is 1. The lowest BCUT2D eigenvalue weighted by atomic mass is 10.0. The number of methoxy groups -OCH3 is 1. The summed E-state index contributed by atoms with van der Waals surface area (Å²) in [4.78, 5) is 57.7. The van der Waals surface area contributed by atoms with Crippen molar-refractivity contribution in [2.24, 2.45) is 0 Å². The molecule has 0 radical (unpaired) electrons. The molecule has 15 heteroatoms. The number of ether oxygens (including phenoxy) is 2. The van der Waals surface area contributed by atoms with Crippen LogP contribution in [0.4, 0.5) is 4.79 Å². The third-order valence-electron chi connectivity index (χ3n) is 6.20. The Labute approximate surface area is 222 Å². The minimum Gasteiger partial charge on any atom is -0.493 e. The molecular formula is C24H28N8O7. The number of nitrogens with zero attached hydrogens (tertiary/aromatic N) is 6. The van der Waals surface area contributed by atoms with Gasteiger partial charge in [0.25, 0.3) is 5.91 Å². The van der Waals surface area contributed by atoms with Gasteiger partial charge in [0.1, 0.15) is 6.04 Å². The van der Waals surface area contributed by atoms with Crippen LogP contribution in [0.2, 0.25) is 0 Å². The van der Waals surface area contributed by atoms with E-state index in [0.29, 0.717) is 16.5 Å². The van der Waals surface area contributed by atoms with Gasteiger partial charge in [-0.2, -0.15) is 5.21 Å². The largest absolute Gasteiger partial charge is 0.493 e. The van der Waals surface area contributed by atoms with E-state index in [-0.39, 0.29) is 62.9 Å². The van der Waals surface area contributed by atoms with Crippen molar-refractivity contribution in [3.05, 3.63) is 30.0 Å². The van der Waals surface area contributed by atoms with Crippen LogP contribution in [0.3, 0.4) is 0 Å². The van der Waals surface area contributed by atoms with Crippen molar-refractivity contribution < 1.29 is 33.8 Å². The minimum absolute atomic E-state index is 0.0695. The fourth-order valence-corrected chi connectivity index (χ4v) is 4.33. The summed E-state index contributed by atoms with van der Waals surface area (Å²) in [6.45, 7) is 2.85. The number of aromatic nitrogens is 5. The molecule has 1 saturated heterocycles. The number of benzene rings is 1. The Morgan fingerprint density at radius 3 is 2.49 bits per heavy atom. The van der Waals surface area contributed by atoms with Crippen molar-refractivity contribution in [2.75, 3.05) is 39.9 Å². The summed E-state index contributed by atoms with van der Waals surface area (Å²) < 4.78 is 10.6. The monoisotopic (exact) mass is 540 g/mol. The number of carboxylic acids is 1. The predicted molar refractivity (Wildman–Crippen MR) is 135 cm³/mol. The van der Waals surface area contributed by atoms with E-state index < -0.39 is 29.9 Å². The summed E-state index contributed by atoms with van der Waals surface area (Å²) in [7, 11) is 1.36. The van der Waals surface area contributed by atoms with E-state index in [9.17, 15) is 24.3 Å². The molecule has 1 atom stereocenters. The average molecular weight is 541 g/mol. The topological polar surface area (TPSA) is 193 Å². The van der Waals surface area contributed by atoms with Crippen molar-refractivity contribution >= 4 is 34.8 Å². The molecule has 1 aliphatic rings. The van der Waals surface area contributed by atoms with Crippen molar-refractivity contribution in [1.29, 1.82) is 0 Å². The summed E-state index contributed by atoms with van der Waals surface area (Å²) in [6, 6.07) is 5.85. The van der Waals surface area contributed by atoms with Crippen LogP contribution in [0.15, 0.2) is 24.3 Å². The first-order valence-corrected chi connectivity index (χ1v) is 12.3. The zero-order valence-corrected chi connectivity index (χ0v) is 21.4. The van der Waals surface area contributed by atoms with E-state index in [0.717, 1.165) is 0 Å². The highest BCUT2D eigenvalue weighted by molar-refractivity contribution is 6.05. The van der Waals surface area contributed by atoms with E-state index in [1.807, 2.05) is 0 Å². The Kier molecular flexibility index (Phi) is 8.48. The van der Waals surface area contributed by atoms with Gasteiger partial charge in [0.15, 0.2) is 11.4 Å². The molecule has 15 nitrogen and oxygen atoms in total. The summed E-state index contributed by atoms with van der Waals surface area (Å²) in [6.07, 6.45) is -0.964. The molecule has 3 amide bonds. The van der Waals surface area contributed by atoms with E-state index in [2.05, 4.69) is 30.9 Å². The molecule has 0 aliphatic carbocycles. The molecule has 0 saturated carbocycles. The van der Waals surface area contributed by atoms with Crippen LogP contribution in [0.5, 0.6) is 5.75 Å². The average Bonchev–Trinajstić information content (AvgIpc) is 3.48. The Bertz CT molecular complexity index is 1360. The second-order valence-corrected chi connectivity index (χ2v) is 8.59. The number of aliphatic carboxylic acids is 1. The Morgan fingerprint density at radius 2 is 1.85 bits per heavy atom. The predicted octanol–water partition coefficient (Wildman–Crippen LogP) is 0.687. The van der Waals surface area contributed by atoms with Crippen molar-refractivity contribution in [3.8, 4) is 17.1 Å². The van der Waals surface area contributed by atoms with E-state index in [1.165, 1.54) is 16.9 Å². The van der Waals surface area contributed by atoms with Crippen LogP contribution < -0.4 is 10.1 Å². The van der Waals surface area contributed by atoms with E-state index in [4.69, 9.17) is 9.47 Å². The lowest BCUT2D eigenvalue weighted by Gasteiger charge is -2.36. The molecule has 4 rings (SSSR count). The summed E-state index contributed by atoms with van der Waals surface area (Å²) in [5, 5.41) is 26.5. The first kappa shape index (κ1) is 27.2.